The Hall–Kier alpha value is -5.05. The Morgan fingerprint density at radius 1 is 1.14 bits per heavy atom. The van der Waals surface area contributed by atoms with Crippen molar-refractivity contribution in [3.05, 3.63) is 124 Å². The van der Waals surface area contributed by atoms with Crippen molar-refractivity contribution in [2.24, 2.45) is 4.99 Å². The summed E-state index contributed by atoms with van der Waals surface area (Å²) in [5.74, 6) is 0.656. The highest BCUT2D eigenvalue weighted by molar-refractivity contribution is 7.99. The number of nitrogens with zero attached hydrogens (tertiary/aromatic N) is 6. The van der Waals surface area contributed by atoms with Crippen LogP contribution in [0.25, 0.3) is 17.5 Å². The summed E-state index contributed by atoms with van der Waals surface area (Å²) in [4.78, 5) is 44.8. The molecule has 0 bridgehead atoms. The number of allylic oxidation sites excluding steroid dienone is 1. The lowest BCUT2D eigenvalue weighted by molar-refractivity contribution is -0.384. The number of rotatable bonds is 10. The topological polar surface area (TPSA) is 144 Å². The molecule has 5 aromatic rings. The zero-order chi connectivity index (χ0) is 35.7. The van der Waals surface area contributed by atoms with E-state index in [9.17, 15) is 19.7 Å². The molecule has 0 fully saturated rings. The summed E-state index contributed by atoms with van der Waals surface area (Å²) < 4.78 is 14.6. The number of ether oxygens (including phenoxy) is 2. The van der Waals surface area contributed by atoms with Gasteiger partial charge in [-0.2, -0.15) is 0 Å². The van der Waals surface area contributed by atoms with Gasteiger partial charge >= 0.3 is 5.97 Å². The zero-order valence-electron chi connectivity index (χ0n) is 27.6. The van der Waals surface area contributed by atoms with E-state index >= 15 is 0 Å². The Morgan fingerprint density at radius 2 is 1.90 bits per heavy atom. The van der Waals surface area contributed by atoms with Crippen LogP contribution in [0.3, 0.4) is 0 Å². The number of carbonyl (C=O) groups is 1. The van der Waals surface area contributed by atoms with Crippen LogP contribution in [-0.2, 0) is 16.1 Å². The van der Waals surface area contributed by atoms with Crippen molar-refractivity contribution in [1.29, 1.82) is 0 Å². The molecule has 50 heavy (non-hydrogen) atoms. The maximum atomic E-state index is 14.3. The number of aromatic nitrogens is 4. The molecule has 3 aromatic carbocycles. The number of benzene rings is 3. The van der Waals surface area contributed by atoms with Gasteiger partial charge in [-0.05, 0) is 87.0 Å². The molecule has 2 aromatic heterocycles. The average molecular weight is 731 g/mol. The largest absolute Gasteiger partial charge is 0.497 e. The number of methoxy groups -OCH3 is 1. The van der Waals surface area contributed by atoms with Crippen molar-refractivity contribution >= 4 is 52.4 Å². The van der Waals surface area contributed by atoms with Crippen LogP contribution in [0.15, 0.2) is 97.8 Å². The van der Waals surface area contributed by atoms with Crippen molar-refractivity contribution in [3.63, 3.8) is 0 Å². The van der Waals surface area contributed by atoms with Gasteiger partial charge in [0.1, 0.15) is 5.75 Å². The molecule has 0 N–H and O–H groups in total. The average Bonchev–Trinajstić information content (AvgIpc) is 3.63. The number of hydrogen-bond donors (Lipinski definition) is 0. The number of thiazole rings is 1. The normalized spacial score (nSPS) is 14.5. The van der Waals surface area contributed by atoms with Crippen LogP contribution in [0.4, 0.5) is 5.69 Å². The second-order valence-corrected chi connectivity index (χ2v) is 13.9. The van der Waals surface area contributed by atoms with Gasteiger partial charge in [0.25, 0.3) is 11.2 Å². The summed E-state index contributed by atoms with van der Waals surface area (Å²) in [5.41, 5.74) is 1.98. The Bertz CT molecular complexity index is 2350. The number of nitro benzene ring substituents is 1. The van der Waals surface area contributed by atoms with Crippen LogP contribution in [0.2, 0.25) is 5.02 Å². The van der Waals surface area contributed by atoms with Gasteiger partial charge in [-0.3, -0.25) is 19.5 Å². The van der Waals surface area contributed by atoms with E-state index in [4.69, 9.17) is 21.1 Å². The Morgan fingerprint density at radius 3 is 2.56 bits per heavy atom. The third-order valence-corrected chi connectivity index (χ3v) is 10.1. The third kappa shape index (κ3) is 6.86. The molecular formula is C35H31ClN6O6S2. The van der Waals surface area contributed by atoms with Gasteiger partial charge in [0.15, 0.2) is 15.8 Å². The lowest BCUT2D eigenvalue weighted by Crippen LogP contribution is -2.40. The second-order valence-electron chi connectivity index (χ2n) is 11.5. The molecule has 0 radical (unpaired) electrons. The van der Waals surface area contributed by atoms with Gasteiger partial charge in [-0.15, -0.1) is 10.2 Å². The predicted molar refractivity (Wildman–Crippen MR) is 191 cm³/mol. The van der Waals surface area contributed by atoms with Crippen LogP contribution in [0.5, 0.6) is 5.75 Å². The molecule has 256 valence electrons. The molecule has 0 saturated heterocycles. The fraction of sp³-hybridized carbons (Fsp3) is 0.229. The minimum absolute atomic E-state index is 0.143. The van der Waals surface area contributed by atoms with Gasteiger partial charge in [-0.1, -0.05) is 47.2 Å². The highest BCUT2D eigenvalue weighted by atomic mass is 35.5. The first-order valence-electron chi connectivity index (χ1n) is 15.5. The van der Waals surface area contributed by atoms with Crippen molar-refractivity contribution in [2.75, 3.05) is 7.11 Å². The van der Waals surface area contributed by atoms with Crippen molar-refractivity contribution < 1.29 is 19.2 Å². The van der Waals surface area contributed by atoms with Gasteiger partial charge in [0.2, 0.25) is 0 Å². The molecule has 0 aliphatic carbocycles. The number of carbonyl (C=O) groups excluding carboxylic acids is 1. The van der Waals surface area contributed by atoms with E-state index in [0.717, 1.165) is 16.9 Å². The monoisotopic (exact) mass is 730 g/mol. The van der Waals surface area contributed by atoms with Gasteiger partial charge in [0, 0.05) is 34.2 Å². The Labute approximate surface area is 299 Å². The number of esters is 1. The summed E-state index contributed by atoms with van der Waals surface area (Å²) >= 11 is 8.63. The molecule has 1 aliphatic rings. The lowest BCUT2D eigenvalue weighted by Gasteiger charge is -2.25. The molecule has 1 aliphatic heterocycles. The molecule has 0 saturated carbocycles. The van der Waals surface area contributed by atoms with E-state index in [1.165, 1.54) is 28.5 Å². The van der Waals surface area contributed by atoms with Crippen molar-refractivity contribution in [1.82, 2.24) is 19.3 Å². The fourth-order valence-corrected chi connectivity index (χ4v) is 7.75. The van der Waals surface area contributed by atoms with Gasteiger partial charge in [-0.25, -0.2) is 9.79 Å². The second kappa shape index (κ2) is 14.4. The van der Waals surface area contributed by atoms with E-state index in [0.29, 0.717) is 54.8 Å². The first kappa shape index (κ1) is 34.8. The first-order valence-corrected chi connectivity index (χ1v) is 17.5. The predicted octanol–water partition coefficient (Wildman–Crippen LogP) is 6.19. The van der Waals surface area contributed by atoms with Gasteiger partial charge < -0.3 is 14.0 Å². The summed E-state index contributed by atoms with van der Waals surface area (Å²) in [6, 6.07) is 18.0. The molecule has 3 heterocycles. The van der Waals surface area contributed by atoms with Crippen molar-refractivity contribution in [2.45, 2.75) is 56.4 Å². The minimum Gasteiger partial charge on any atom is -0.497 e. The molecular weight excluding hydrogens is 700 g/mol. The third-order valence-electron chi connectivity index (χ3n) is 7.82. The number of halogens is 1. The van der Waals surface area contributed by atoms with E-state index < -0.39 is 28.6 Å². The molecule has 12 nitrogen and oxygen atoms in total. The molecule has 0 unspecified atom stereocenters. The number of nitro groups is 1. The molecule has 0 amide bonds. The fourth-order valence-electron chi connectivity index (χ4n) is 5.55. The maximum Gasteiger partial charge on any atom is 0.338 e. The van der Waals surface area contributed by atoms with E-state index in [2.05, 4.69) is 15.2 Å². The summed E-state index contributed by atoms with van der Waals surface area (Å²) in [5, 5.41) is 21.8. The number of hydrogen-bond acceptors (Lipinski definition) is 11. The highest BCUT2D eigenvalue weighted by Crippen LogP contribution is 2.35. The minimum atomic E-state index is -0.836. The van der Waals surface area contributed by atoms with Crippen LogP contribution in [-0.4, -0.2) is 43.4 Å². The van der Waals surface area contributed by atoms with Crippen molar-refractivity contribution in [3.8, 4) is 17.1 Å². The molecule has 15 heteroatoms. The zero-order valence-corrected chi connectivity index (χ0v) is 30.0. The van der Waals surface area contributed by atoms with Crippen LogP contribution in [0.1, 0.15) is 44.9 Å². The van der Waals surface area contributed by atoms with Gasteiger partial charge in [0.05, 0.1) is 40.0 Å². The van der Waals surface area contributed by atoms with E-state index in [1.807, 2.05) is 23.6 Å². The summed E-state index contributed by atoms with van der Waals surface area (Å²) in [6.45, 7) is 7.72. The molecule has 6 rings (SSSR count). The SMILES string of the molecule is CCn1c(Sc2ccc([N+](=O)[O-])cc2/C=c2/sc3n(c2=O)[C@@H](c2ccc(OC)cc2)C(C(=O)OC(C)C)=C(C)N=3)nnc1-c1cccc(Cl)c1. The van der Waals surface area contributed by atoms with Crippen LogP contribution >= 0.6 is 34.7 Å². The molecule has 1 atom stereocenters. The lowest BCUT2D eigenvalue weighted by atomic mass is 9.96. The van der Waals surface area contributed by atoms with E-state index in [-0.39, 0.29) is 15.8 Å². The first-order chi connectivity index (χ1) is 24.0. The van der Waals surface area contributed by atoms with Crippen LogP contribution in [0, 0.1) is 10.1 Å². The maximum absolute atomic E-state index is 14.3. The number of non-ortho nitro benzene ring substituents is 1. The Balaban J connectivity index is 1.49. The highest BCUT2D eigenvalue weighted by Gasteiger charge is 2.34. The smallest absolute Gasteiger partial charge is 0.338 e. The standard InChI is InChI=1S/C35H31ClN6O6S2/c1-6-40-31(22-8-7-9-24(36)16-22)38-39-35(40)49-27-15-12-25(42(45)46)17-23(27)18-28-32(43)41-30(21-10-13-26(47-5)14-11-21)29(33(44)48-19(2)3)20(4)37-34(41)50-28/h7-19,30H,6H2,1-5H3/b28-18+/t30-/m0/s1. The quantitative estimate of drug-likeness (QED) is 0.0934. The van der Waals surface area contributed by atoms with E-state index in [1.54, 1.807) is 76.4 Å². The summed E-state index contributed by atoms with van der Waals surface area (Å²) in [6.07, 6.45) is 1.22. The Kier molecular flexibility index (Phi) is 10.0. The molecule has 0 spiro atoms. The summed E-state index contributed by atoms with van der Waals surface area (Å²) in [7, 11) is 1.55. The number of fused-ring (bicyclic) bond motifs is 1. The van der Waals surface area contributed by atoms with Crippen LogP contribution < -0.4 is 19.6 Å².